The van der Waals surface area contributed by atoms with Crippen LogP contribution in [0.2, 0.25) is 0 Å². The van der Waals surface area contributed by atoms with Crippen molar-refractivity contribution in [3.05, 3.63) is 119 Å². The van der Waals surface area contributed by atoms with Crippen LogP contribution >= 0.6 is 0 Å². The van der Waals surface area contributed by atoms with Gasteiger partial charge in [0, 0.05) is 36.7 Å². The minimum absolute atomic E-state index is 0.173. The second kappa shape index (κ2) is 10.8. The maximum atomic E-state index is 14.3. The number of para-hydroxylation sites is 1. The lowest BCUT2D eigenvalue weighted by atomic mass is 9.83. The summed E-state index contributed by atoms with van der Waals surface area (Å²) in [5, 5.41) is 4.39. The van der Waals surface area contributed by atoms with E-state index in [9.17, 15) is 9.59 Å². The standard InChI is InChI=1S/C31H28N6O3/c32-29(38)25-13-7-12-24-27(25)33-21-34-28(24)31(20-22-8-3-1-4-9-22)26(14-15-35-31)37(36-16-18-40-19-17-36)30(39)23-10-5-2-6-11-23/h1-15,21H,16-20H2,(H2,32,38). The largest absolute Gasteiger partial charge is 0.379 e. The number of primary amides is 1. The van der Waals surface area contributed by atoms with Crippen molar-refractivity contribution in [2.45, 2.75) is 12.0 Å². The second-order valence-corrected chi connectivity index (χ2v) is 9.69. The van der Waals surface area contributed by atoms with Crippen molar-refractivity contribution in [3.8, 4) is 0 Å². The van der Waals surface area contributed by atoms with Crippen LogP contribution in [0.1, 0.15) is 32.0 Å². The van der Waals surface area contributed by atoms with Crippen molar-refractivity contribution in [2.24, 2.45) is 10.7 Å². The smallest absolute Gasteiger partial charge is 0.272 e. The van der Waals surface area contributed by atoms with Crippen LogP contribution in [0.15, 0.2) is 102 Å². The molecule has 0 bridgehead atoms. The molecule has 1 fully saturated rings. The van der Waals surface area contributed by atoms with Gasteiger partial charge in [0.25, 0.3) is 11.8 Å². The molecule has 40 heavy (non-hydrogen) atoms. The minimum atomic E-state index is -1.10. The highest BCUT2D eigenvalue weighted by Gasteiger charge is 2.47. The Morgan fingerprint density at radius 1 is 0.925 bits per heavy atom. The highest BCUT2D eigenvalue weighted by molar-refractivity contribution is 6.05. The molecule has 1 saturated heterocycles. The van der Waals surface area contributed by atoms with Gasteiger partial charge in [-0.3, -0.25) is 14.6 Å². The molecular formula is C31H28N6O3. The Kier molecular flexibility index (Phi) is 6.90. The van der Waals surface area contributed by atoms with E-state index in [1.807, 2.05) is 77.8 Å². The van der Waals surface area contributed by atoms with Crippen molar-refractivity contribution < 1.29 is 14.3 Å². The molecule has 3 aromatic carbocycles. The number of rotatable bonds is 7. The number of nitrogens with two attached hydrogens (primary N) is 1. The molecule has 1 atom stereocenters. The number of ether oxygens (including phenoxy) is 1. The molecule has 3 heterocycles. The number of morpholine rings is 1. The first-order valence-electron chi connectivity index (χ1n) is 13.1. The van der Waals surface area contributed by atoms with Gasteiger partial charge in [0.2, 0.25) is 0 Å². The van der Waals surface area contributed by atoms with Gasteiger partial charge in [-0.15, -0.1) is 0 Å². The predicted octanol–water partition coefficient (Wildman–Crippen LogP) is 3.52. The summed E-state index contributed by atoms with van der Waals surface area (Å²) in [6.07, 6.45) is 5.47. The van der Waals surface area contributed by atoms with Gasteiger partial charge in [-0.05, 0) is 29.8 Å². The summed E-state index contributed by atoms with van der Waals surface area (Å²) in [5.41, 5.74) is 8.17. The van der Waals surface area contributed by atoms with Crippen LogP contribution in [0.5, 0.6) is 0 Å². The zero-order valence-corrected chi connectivity index (χ0v) is 21.8. The fourth-order valence-electron chi connectivity index (χ4n) is 5.44. The van der Waals surface area contributed by atoms with Crippen LogP contribution in [0.4, 0.5) is 0 Å². The molecule has 2 amide bonds. The van der Waals surface area contributed by atoms with Crippen molar-refractivity contribution in [2.75, 3.05) is 26.3 Å². The van der Waals surface area contributed by atoms with Crippen LogP contribution in [0, 0.1) is 0 Å². The molecule has 2 N–H and O–H groups in total. The molecule has 9 heteroatoms. The van der Waals surface area contributed by atoms with Gasteiger partial charge in [-0.2, -0.15) is 0 Å². The van der Waals surface area contributed by atoms with Crippen LogP contribution in [0.3, 0.4) is 0 Å². The quantitative estimate of drug-likeness (QED) is 0.390. The summed E-state index contributed by atoms with van der Waals surface area (Å²) in [6.45, 7) is 2.06. The van der Waals surface area contributed by atoms with E-state index < -0.39 is 11.4 Å². The molecule has 0 radical (unpaired) electrons. The lowest BCUT2D eigenvalue weighted by Crippen LogP contribution is -2.54. The maximum absolute atomic E-state index is 14.3. The van der Waals surface area contributed by atoms with Crippen molar-refractivity contribution in [1.82, 2.24) is 20.0 Å². The highest BCUT2D eigenvalue weighted by atomic mass is 16.5. The van der Waals surface area contributed by atoms with Gasteiger partial charge < -0.3 is 10.5 Å². The number of amides is 2. The van der Waals surface area contributed by atoms with Crippen molar-refractivity contribution in [3.63, 3.8) is 0 Å². The first-order chi connectivity index (χ1) is 19.6. The van der Waals surface area contributed by atoms with E-state index in [2.05, 4.69) is 4.98 Å². The summed E-state index contributed by atoms with van der Waals surface area (Å²) in [6, 6.07) is 24.5. The third-order valence-corrected chi connectivity index (χ3v) is 7.29. The van der Waals surface area contributed by atoms with Gasteiger partial charge >= 0.3 is 0 Å². The SMILES string of the molecule is NC(=O)c1cccc2c(C3(Cc4ccccc4)N=CC=C3N(C(=O)c3ccccc3)N3CCOCC3)ncnc12. The number of aliphatic imine (C=N–C) groups is 1. The van der Waals surface area contributed by atoms with E-state index in [0.717, 1.165) is 5.56 Å². The molecular weight excluding hydrogens is 504 g/mol. The van der Waals surface area contributed by atoms with E-state index in [1.165, 1.54) is 6.33 Å². The lowest BCUT2D eigenvalue weighted by molar-refractivity contribution is -0.0592. The average molecular weight is 533 g/mol. The van der Waals surface area contributed by atoms with Crippen molar-refractivity contribution >= 4 is 28.9 Å². The first-order valence-corrected chi connectivity index (χ1v) is 13.1. The number of hydrazine groups is 1. The molecule has 1 unspecified atom stereocenters. The first kappa shape index (κ1) is 25.5. The summed E-state index contributed by atoms with van der Waals surface area (Å²) in [7, 11) is 0. The molecule has 1 aromatic heterocycles. The van der Waals surface area contributed by atoms with Gasteiger partial charge in [0.1, 0.15) is 11.9 Å². The Morgan fingerprint density at radius 3 is 2.38 bits per heavy atom. The number of hydrogen-bond acceptors (Lipinski definition) is 7. The Balaban J connectivity index is 1.58. The normalized spacial score (nSPS) is 18.9. The third-order valence-electron chi connectivity index (χ3n) is 7.29. The summed E-state index contributed by atoms with van der Waals surface area (Å²) in [4.78, 5) is 40.8. The highest BCUT2D eigenvalue weighted by Crippen LogP contribution is 2.44. The summed E-state index contributed by atoms with van der Waals surface area (Å²) < 4.78 is 5.63. The predicted molar refractivity (Wildman–Crippen MR) is 151 cm³/mol. The number of nitrogens with zero attached hydrogens (tertiary/aromatic N) is 5. The zero-order valence-electron chi connectivity index (χ0n) is 21.8. The average Bonchev–Trinajstić information content (AvgIpc) is 3.41. The number of fused-ring (bicyclic) bond motifs is 1. The number of hydrogen-bond donors (Lipinski definition) is 1. The van der Waals surface area contributed by atoms with Crippen molar-refractivity contribution in [1.29, 1.82) is 0 Å². The number of carbonyl (C=O) groups is 2. The summed E-state index contributed by atoms with van der Waals surface area (Å²) in [5.74, 6) is -0.750. The molecule has 4 aromatic rings. The maximum Gasteiger partial charge on any atom is 0.272 e. The fourth-order valence-corrected chi connectivity index (χ4v) is 5.44. The molecule has 0 aliphatic carbocycles. The van der Waals surface area contributed by atoms with Gasteiger partial charge in [-0.1, -0.05) is 60.7 Å². The van der Waals surface area contributed by atoms with E-state index in [4.69, 9.17) is 20.4 Å². The number of aromatic nitrogens is 2. The van der Waals surface area contributed by atoms with Crippen LogP contribution in [0.25, 0.3) is 10.9 Å². The van der Waals surface area contributed by atoms with Crippen LogP contribution in [-0.4, -0.2) is 64.3 Å². The van der Waals surface area contributed by atoms with Gasteiger partial charge in [0.15, 0.2) is 0 Å². The Bertz CT molecular complexity index is 1620. The van der Waals surface area contributed by atoms with Gasteiger partial charge in [-0.25, -0.2) is 20.0 Å². The number of allylic oxidation sites excluding steroid dienone is 1. The minimum Gasteiger partial charge on any atom is -0.379 e. The van der Waals surface area contributed by atoms with E-state index >= 15 is 0 Å². The van der Waals surface area contributed by atoms with Crippen LogP contribution in [-0.2, 0) is 16.7 Å². The van der Waals surface area contributed by atoms with E-state index in [-0.39, 0.29) is 5.91 Å². The molecule has 2 aliphatic heterocycles. The molecule has 0 spiro atoms. The third kappa shape index (κ3) is 4.55. The molecule has 9 nitrogen and oxygen atoms in total. The summed E-state index contributed by atoms with van der Waals surface area (Å²) >= 11 is 0. The fraction of sp³-hybridized carbons (Fsp3) is 0.194. The Labute approximate surface area is 231 Å². The lowest BCUT2D eigenvalue weighted by Gasteiger charge is -2.43. The molecule has 6 rings (SSSR count). The molecule has 200 valence electrons. The topological polar surface area (TPSA) is 114 Å². The van der Waals surface area contributed by atoms with E-state index in [0.29, 0.717) is 66.1 Å². The van der Waals surface area contributed by atoms with Gasteiger partial charge in [0.05, 0.1) is 35.7 Å². The number of benzene rings is 3. The van der Waals surface area contributed by atoms with Crippen LogP contribution < -0.4 is 5.73 Å². The monoisotopic (exact) mass is 532 g/mol. The molecule has 2 aliphatic rings. The Hall–Kier alpha value is -4.73. The van der Waals surface area contributed by atoms with E-state index in [1.54, 1.807) is 23.4 Å². The molecule has 0 saturated carbocycles. The Morgan fingerprint density at radius 2 is 1.65 bits per heavy atom. The second-order valence-electron chi connectivity index (χ2n) is 9.69. The zero-order chi connectivity index (χ0) is 27.5. The number of carbonyl (C=O) groups excluding carboxylic acids is 2.